The van der Waals surface area contributed by atoms with Crippen molar-refractivity contribution < 1.29 is 0 Å². The van der Waals surface area contributed by atoms with Crippen molar-refractivity contribution in [3.63, 3.8) is 0 Å². The van der Waals surface area contributed by atoms with Gasteiger partial charge in [0.15, 0.2) is 0 Å². The average molecular weight is 304 g/mol. The van der Waals surface area contributed by atoms with Crippen LogP contribution in [0.25, 0.3) is 16.6 Å². The number of aromatic nitrogens is 2. The van der Waals surface area contributed by atoms with Gasteiger partial charge in [-0.15, -0.1) is 12.3 Å². The van der Waals surface area contributed by atoms with Gasteiger partial charge in [0.25, 0.3) is 0 Å². The first-order chi connectivity index (χ1) is 11.3. The molecule has 4 heteroatoms. The van der Waals surface area contributed by atoms with Gasteiger partial charge in [0.2, 0.25) is 0 Å². The molecular weight excluding hydrogens is 284 g/mol. The maximum absolute atomic E-state index is 5.74. The predicted octanol–water partition coefficient (Wildman–Crippen LogP) is 3.19. The molecule has 0 bridgehead atoms. The molecule has 1 fully saturated rings. The second kappa shape index (κ2) is 7.06. The number of hydrogen-bond donors (Lipinski definition) is 1. The summed E-state index contributed by atoms with van der Waals surface area (Å²) in [6.45, 7) is 0. The van der Waals surface area contributed by atoms with Crippen LogP contribution in [0.2, 0.25) is 0 Å². The number of aliphatic imine (C=N–C) groups is 1. The minimum absolute atomic E-state index is 0.376. The van der Waals surface area contributed by atoms with E-state index in [4.69, 9.17) is 12.2 Å². The van der Waals surface area contributed by atoms with Crippen LogP contribution in [-0.2, 0) is 0 Å². The minimum Gasteiger partial charge on any atom is -0.404 e. The molecule has 1 aromatic carbocycles. The number of benzene rings is 1. The lowest BCUT2D eigenvalue weighted by Gasteiger charge is -2.32. The van der Waals surface area contributed by atoms with Crippen LogP contribution in [0.4, 0.5) is 0 Å². The van der Waals surface area contributed by atoms with Gasteiger partial charge in [0, 0.05) is 24.4 Å². The van der Waals surface area contributed by atoms with Crippen LogP contribution >= 0.6 is 0 Å². The van der Waals surface area contributed by atoms with Crippen molar-refractivity contribution >= 4 is 22.8 Å². The summed E-state index contributed by atoms with van der Waals surface area (Å²) in [5.74, 6) is 3.42. The quantitative estimate of drug-likeness (QED) is 0.681. The highest BCUT2D eigenvalue weighted by molar-refractivity contribution is 6.09. The van der Waals surface area contributed by atoms with Gasteiger partial charge < -0.3 is 5.73 Å². The Kier molecular flexibility index (Phi) is 4.68. The summed E-state index contributed by atoms with van der Waals surface area (Å²) >= 11 is 0. The van der Waals surface area contributed by atoms with E-state index in [9.17, 15) is 0 Å². The van der Waals surface area contributed by atoms with E-state index in [1.807, 2.05) is 30.5 Å². The Bertz CT molecular complexity index is 779. The number of rotatable bonds is 5. The molecule has 4 nitrogen and oxygen atoms in total. The molecule has 116 valence electrons. The lowest BCUT2D eigenvalue weighted by Crippen LogP contribution is -2.27. The number of nitrogens with zero attached hydrogens (tertiary/aromatic N) is 3. The van der Waals surface area contributed by atoms with E-state index in [0.717, 1.165) is 53.9 Å². The van der Waals surface area contributed by atoms with Crippen molar-refractivity contribution in [2.75, 3.05) is 0 Å². The first-order valence-corrected chi connectivity index (χ1v) is 7.91. The molecule has 2 aromatic rings. The van der Waals surface area contributed by atoms with Gasteiger partial charge in [-0.1, -0.05) is 12.1 Å². The van der Waals surface area contributed by atoms with Crippen LogP contribution in [0.5, 0.6) is 0 Å². The highest BCUT2D eigenvalue weighted by atomic mass is 14.8. The van der Waals surface area contributed by atoms with Crippen molar-refractivity contribution in [3.05, 3.63) is 42.4 Å². The van der Waals surface area contributed by atoms with Crippen LogP contribution in [0.1, 0.15) is 31.4 Å². The Morgan fingerprint density at radius 2 is 2.13 bits per heavy atom. The van der Waals surface area contributed by atoms with E-state index < -0.39 is 0 Å². The summed E-state index contributed by atoms with van der Waals surface area (Å²) < 4.78 is 0. The monoisotopic (exact) mass is 304 g/mol. The van der Waals surface area contributed by atoms with E-state index in [2.05, 4.69) is 20.9 Å². The molecule has 1 heterocycles. The smallest absolute Gasteiger partial charge is 0.0922 e. The molecule has 0 spiro atoms. The highest BCUT2D eigenvalue weighted by Crippen LogP contribution is 2.33. The zero-order valence-corrected chi connectivity index (χ0v) is 13.0. The maximum atomic E-state index is 5.74. The molecule has 1 aliphatic rings. The van der Waals surface area contributed by atoms with Crippen LogP contribution < -0.4 is 5.73 Å². The third-order valence-electron chi connectivity index (χ3n) is 4.26. The number of fused-ring (bicyclic) bond motifs is 1. The molecule has 2 N–H and O–H groups in total. The third-order valence-corrected chi connectivity index (χ3v) is 4.26. The maximum Gasteiger partial charge on any atom is 0.0922 e. The van der Waals surface area contributed by atoms with Crippen LogP contribution in [0.3, 0.4) is 0 Å². The second-order valence-electron chi connectivity index (χ2n) is 5.88. The van der Waals surface area contributed by atoms with E-state index >= 15 is 0 Å². The molecule has 1 aromatic heterocycles. The Morgan fingerprint density at radius 1 is 1.35 bits per heavy atom. The van der Waals surface area contributed by atoms with Gasteiger partial charge in [-0.2, -0.15) is 0 Å². The molecule has 0 amide bonds. The Hall–Kier alpha value is -2.67. The lowest BCUT2D eigenvalue weighted by molar-refractivity contribution is 0.255. The fraction of sp³-hybridized carbons (Fsp3) is 0.316. The van der Waals surface area contributed by atoms with Gasteiger partial charge in [-0.05, 0) is 37.3 Å². The summed E-state index contributed by atoms with van der Waals surface area (Å²) in [5, 5.41) is 0. The number of nitrogens with two attached hydrogens (primary N) is 1. The molecular formula is C19H20N4. The molecule has 23 heavy (non-hydrogen) atoms. The largest absolute Gasteiger partial charge is 0.404 e. The number of terminal acetylenes is 1. The molecule has 0 aliphatic heterocycles. The van der Waals surface area contributed by atoms with Crippen molar-refractivity contribution in [1.29, 1.82) is 0 Å². The van der Waals surface area contributed by atoms with Crippen molar-refractivity contribution in [2.45, 2.75) is 31.7 Å². The van der Waals surface area contributed by atoms with E-state index in [-0.39, 0.29) is 0 Å². The highest BCUT2D eigenvalue weighted by Gasteiger charge is 2.27. The van der Waals surface area contributed by atoms with E-state index in [1.54, 1.807) is 6.20 Å². The zero-order valence-electron chi connectivity index (χ0n) is 13.0. The molecule has 1 aliphatic carbocycles. The van der Waals surface area contributed by atoms with Crippen molar-refractivity contribution in [1.82, 2.24) is 9.97 Å². The fourth-order valence-corrected chi connectivity index (χ4v) is 2.82. The van der Waals surface area contributed by atoms with Crippen molar-refractivity contribution in [2.24, 2.45) is 16.6 Å². The van der Waals surface area contributed by atoms with Crippen molar-refractivity contribution in [3.8, 4) is 12.3 Å². The first-order valence-electron chi connectivity index (χ1n) is 7.91. The molecule has 3 rings (SSSR count). The number of hydrogen-bond acceptors (Lipinski definition) is 4. The summed E-state index contributed by atoms with van der Waals surface area (Å²) in [5.41, 5.74) is 9.03. The van der Waals surface area contributed by atoms with Crippen LogP contribution in [0, 0.1) is 18.3 Å². The molecule has 0 unspecified atom stereocenters. The SMILES string of the molecule is C#CCCC1CC(N=CC(=CN)c2cnc3ccccc3n2)C1. The molecule has 0 radical (unpaired) electrons. The van der Waals surface area contributed by atoms with Gasteiger partial charge in [-0.3, -0.25) is 9.98 Å². The Morgan fingerprint density at radius 3 is 2.87 bits per heavy atom. The molecule has 0 atom stereocenters. The minimum atomic E-state index is 0.376. The standard InChI is InChI=1S/C19H20N4/c1-2-3-6-14-9-16(10-14)21-12-15(11-20)19-13-22-17-7-4-5-8-18(17)23-19/h1,4-5,7-8,11-14,16H,3,6,9-10,20H2. The Labute approximate surface area is 136 Å². The van der Waals surface area contributed by atoms with E-state index in [0.29, 0.717) is 6.04 Å². The van der Waals surface area contributed by atoms with Gasteiger partial charge >= 0.3 is 0 Å². The normalized spacial score (nSPS) is 21.3. The van der Waals surface area contributed by atoms with Crippen LogP contribution in [0.15, 0.2) is 41.7 Å². The summed E-state index contributed by atoms with van der Waals surface area (Å²) in [6, 6.07) is 8.16. The third kappa shape index (κ3) is 3.57. The number of allylic oxidation sites excluding steroid dienone is 1. The molecule has 1 saturated carbocycles. The average Bonchev–Trinajstić information content (AvgIpc) is 2.56. The van der Waals surface area contributed by atoms with Crippen LogP contribution in [-0.4, -0.2) is 22.2 Å². The summed E-state index contributed by atoms with van der Waals surface area (Å²) in [6.07, 6.45) is 14.6. The number of para-hydroxylation sites is 2. The molecule has 0 saturated heterocycles. The Balaban J connectivity index is 1.66. The van der Waals surface area contributed by atoms with Gasteiger partial charge in [0.05, 0.1) is 29.0 Å². The van der Waals surface area contributed by atoms with Gasteiger partial charge in [0.1, 0.15) is 0 Å². The first kappa shape index (κ1) is 15.2. The predicted molar refractivity (Wildman–Crippen MR) is 94.8 cm³/mol. The second-order valence-corrected chi connectivity index (χ2v) is 5.88. The topological polar surface area (TPSA) is 64.2 Å². The zero-order chi connectivity index (χ0) is 16.1. The van der Waals surface area contributed by atoms with Gasteiger partial charge in [-0.25, -0.2) is 4.98 Å². The fourth-order valence-electron chi connectivity index (χ4n) is 2.82. The van der Waals surface area contributed by atoms with E-state index in [1.165, 1.54) is 6.20 Å². The lowest BCUT2D eigenvalue weighted by atomic mass is 9.78. The summed E-state index contributed by atoms with van der Waals surface area (Å²) in [4.78, 5) is 13.6. The summed E-state index contributed by atoms with van der Waals surface area (Å²) in [7, 11) is 0.